The second-order valence-electron chi connectivity index (χ2n) is 4.14. The Labute approximate surface area is 110 Å². The van der Waals surface area contributed by atoms with E-state index in [4.69, 9.17) is 10.2 Å². The molecule has 0 aliphatic heterocycles. The van der Waals surface area contributed by atoms with Gasteiger partial charge in [0.2, 0.25) is 5.91 Å². The molecule has 0 spiro atoms. The average molecular weight is 267 g/mol. The maximum atomic E-state index is 11.7. The third kappa shape index (κ3) is 5.94. The minimum Gasteiger partial charge on any atom is -0.480 e. The predicted molar refractivity (Wildman–Crippen MR) is 68.6 cm³/mol. The van der Waals surface area contributed by atoms with E-state index in [1.54, 1.807) is 18.3 Å². The van der Waals surface area contributed by atoms with Gasteiger partial charge in [0.05, 0.1) is 24.4 Å². The van der Waals surface area contributed by atoms with Gasteiger partial charge in [-0.25, -0.2) is 0 Å². The predicted octanol–water partition coefficient (Wildman–Crippen LogP) is -0.166. The number of pyridine rings is 1. The minimum absolute atomic E-state index is 0.108. The molecule has 0 fully saturated rings. The zero-order valence-electron chi connectivity index (χ0n) is 10.5. The van der Waals surface area contributed by atoms with Crippen LogP contribution < -0.4 is 10.6 Å². The van der Waals surface area contributed by atoms with Crippen molar-refractivity contribution in [1.82, 2.24) is 10.3 Å². The van der Waals surface area contributed by atoms with Crippen molar-refractivity contribution < 1.29 is 19.8 Å². The molecule has 4 N–H and O–H groups in total. The van der Waals surface area contributed by atoms with Crippen molar-refractivity contribution in [3.05, 3.63) is 24.5 Å². The molecule has 0 saturated carbocycles. The molecular weight excluding hydrogens is 250 g/mol. The van der Waals surface area contributed by atoms with Gasteiger partial charge in [-0.15, -0.1) is 0 Å². The molecule has 7 heteroatoms. The van der Waals surface area contributed by atoms with E-state index in [0.29, 0.717) is 5.69 Å². The molecule has 0 aromatic carbocycles. The number of aliphatic carboxylic acids is 1. The molecule has 7 nitrogen and oxygen atoms in total. The third-order valence-electron chi connectivity index (χ3n) is 2.29. The lowest BCUT2D eigenvalue weighted by Crippen LogP contribution is -2.42. The van der Waals surface area contributed by atoms with Crippen LogP contribution in [0.2, 0.25) is 0 Å². The van der Waals surface area contributed by atoms with Crippen LogP contribution in [0.25, 0.3) is 0 Å². The SMILES string of the molecule is CC(O)CNC(CC(=O)Nc1cccnc1)C(=O)O. The fourth-order valence-corrected chi connectivity index (χ4v) is 1.39. The molecule has 0 aliphatic carbocycles. The average Bonchev–Trinajstić information content (AvgIpc) is 2.35. The van der Waals surface area contributed by atoms with Gasteiger partial charge in [0.1, 0.15) is 6.04 Å². The molecular formula is C12H17N3O4. The summed E-state index contributed by atoms with van der Waals surface area (Å²) in [6.45, 7) is 1.64. The summed E-state index contributed by atoms with van der Waals surface area (Å²) in [5, 5.41) is 23.2. The largest absolute Gasteiger partial charge is 0.480 e. The van der Waals surface area contributed by atoms with Crippen LogP contribution in [0.4, 0.5) is 5.69 Å². The second kappa shape index (κ2) is 7.45. The zero-order chi connectivity index (χ0) is 14.3. The molecule has 0 bridgehead atoms. The van der Waals surface area contributed by atoms with E-state index in [1.165, 1.54) is 13.1 Å². The zero-order valence-corrected chi connectivity index (χ0v) is 10.5. The fourth-order valence-electron chi connectivity index (χ4n) is 1.39. The summed E-state index contributed by atoms with van der Waals surface area (Å²) in [7, 11) is 0. The summed E-state index contributed by atoms with van der Waals surface area (Å²) < 4.78 is 0. The summed E-state index contributed by atoms with van der Waals surface area (Å²) >= 11 is 0. The molecule has 0 aliphatic rings. The smallest absolute Gasteiger partial charge is 0.321 e. The van der Waals surface area contributed by atoms with Crippen LogP contribution in [0, 0.1) is 0 Å². The Bertz CT molecular complexity index is 422. The van der Waals surface area contributed by atoms with Crippen LogP contribution in [0.1, 0.15) is 13.3 Å². The number of hydrogen-bond donors (Lipinski definition) is 4. The quantitative estimate of drug-likeness (QED) is 0.546. The van der Waals surface area contributed by atoms with E-state index in [1.807, 2.05) is 0 Å². The number of carbonyl (C=O) groups is 2. The van der Waals surface area contributed by atoms with E-state index < -0.39 is 24.0 Å². The van der Waals surface area contributed by atoms with Gasteiger partial charge < -0.3 is 20.8 Å². The number of rotatable bonds is 7. The van der Waals surface area contributed by atoms with Crippen molar-refractivity contribution >= 4 is 17.6 Å². The number of anilines is 1. The number of amides is 1. The lowest BCUT2D eigenvalue weighted by molar-refractivity contribution is -0.141. The first-order valence-electron chi connectivity index (χ1n) is 5.83. The van der Waals surface area contributed by atoms with Crippen LogP contribution in [0.5, 0.6) is 0 Å². The molecule has 1 rings (SSSR count). The number of hydrogen-bond acceptors (Lipinski definition) is 5. The lowest BCUT2D eigenvalue weighted by atomic mass is 10.2. The fraction of sp³-hybridized carbons (Fsp3) is 0.417. The van der Waals surface area contributed by atoms with Gasteiger partial charge in [0.25, 0.3) is 0 Å². The molecule has 2 unspecified atom stereocenters. The second-order valence-corrected chi connectivity index (χ2v) is 4.14. The lowest BCUT2D eigenvalue weighted by Gasteiger charge is -2.15. The first-order valence-corrected chi connectivity index (χ1v) is 5.83. The normalized spacial score (nSPS) is 13.6. The van der Waals surface area contributed by atoms with Crippen molar-refractivity contribution in [3.8, 4) is 0 Å². The van der Waals surface area contributed by atoms with Gasteiger partial charge in [-0.05, 0) is 19.1 Å². The molecule has 2 atom stereocenters. The Hall–Kier alpha value is -1.99. The van der Waals surface area contributed by atoms with Gasteiger partial charge in [-0.3, -0.25) is 14.6 Å². The van der Waals surface area contributed by atoms with Crippen LogP contribution >= 0.6 is 0 Å². The summed E-state index contributed by atoms with van der Waals surface area (Å²) in [4.78, 5) is 26.5. The van der Waals surface area contributed by atoms with E-state index in [-0.39, 0.29) is 13.0 Å². The highest BCUT2D eigenvalue weighted by molar-refractivity contribution is 5.93. The van der Waals surface area contributed by atoms with Crippen LogP contribution in [0.3, 0.4) is 0 Å². The molecule has 1 amide bonds. The maximum absolute atomic E-state index is 11.7. The number of aliphatic hydroxyl groups excluding tert-OH is 1. The number of aliphatic hydroxyl groups is 1. The molecule has 0 radical (unpaired) electrons. The first-order chi connectivity index (χ1) is 8.99. The highest BCUT2D eigenvalue weighted by Gasteiger charge is 2.21. The number of aromatic nitrogens is 1. The maximum Gasteiger partial charge on any atom is 0.321 e. The number of carboxylic acids is 1. The molecule has 1 heterocycles. The van der Waals surface area contributed by atoms with Gasteiger partial charge >= 0.3 is 5.97 Å². The summed E-state index contributed by atoms with van der Waals surface area (Å²) in [5.74, 6) is -1.57. The molecule has 0 saturated heterocycles. The Morgan fingerprint density at radius 3 is 2.74 bits per heavy atom. The van der Waals surface area contributed by atoms with Crippen molar-refractivity contribution in [2.24, 2.45) is 0 Å². The molecule has 1 aromatic heterocycles. The number of carbonyl (C=O) groups excluding carboxylic acids is 1. The van der Waals surface area contributed by atoms with Crippen LogP contribution in [0.15, 0.2) is 24.5 Å². The Kier molecular flexibility index (Phi) is 5.91. The van der Waals surface area contributed by atoms with Crippen molar-refractivity contribution in [2.75, 3.05) is 11.9 Å². The van der Waals surface area contributed by atoms with Gasteiger partial charge in [-0.2, -0.15) is 0 Å². The number of carboxylic acid groups (broad SMARTS) is 1. The van der Waals surface area contributed by atoms with E-state index in [2.05, 4.69) is 15.6 Å². The minimum atomic E-state index is -1.14. The Balaban J connectivity index is 2.49. The summed E-state index contributed by atoms with van der Waals surface area (Å²) in [5.41, 5.74) is 0.507. The topological polar surface area (TPSA) is 112 Å². The van der Waals surface area contributed by atoms with Crippen LogP contribution in [-0.2, 0) is 9.59 Å². The van der Waals surface area contributed by atoms with Gasteiger partial charge in [-0.1, -0.05) is 0 Å². The van der Waals surface area contributed by atoms with Crippen LogP contribution in [-0.4, -0.2) is 45.8 Å². The highest BCUT2D eigenvalue weighted by Crippen LogP contribution is 2.04. The van der Waals surface area contributed by atoms with E-state index in [9.17, 15) is 9.59 Å². The van der Waals surface area contributed by atoms with Gasteiger partial charge in [0, 0.05) is 12.7 Å². The van der Waals surface area contributed by atoms with Crippen molar-refractivity contribution in [1.29, 1.82) is 0 Å². The molecule has 19 heavy (non-hydrogen) atoms. The Morgan fingerprint density at radius 2 is 2.21 bits per heavy atom. The monoisotopic (exact) mass is 267 g/mol. The molecule has 104 valence electrons. The first kappa shape index (κ1) is 15.1. The highest BCUT2D eigenvalue weighted by atomic mass is 16.4. The summed E-state index contributed by atoms with van der Waals surface area (Å²) in [6.07, 6.45) is 2.14. The van der Waals surface area contributed by atoms with Crippen molar-refractivity contribution in [2.45, 2.75) is 25.5 Å². The van der Waals surface area contributed by atoms with E-state index in [0.717, 1.165) is 0 Å². The van der Waals surface area contributed by atoms with Crippen molar-refractivity contribution in [3.63, 3.8) is 0 Å². The summed E-state index contributed by atoms with van der Waals surface area (Å²) in [6, 6.07) is 2.28. The van der Waals surface area contributed by atoms with E-state index >= 15 is 0 Å². The third-order valence-corrected chi connectivity index (χ3v) is 2.29. The molecule has 1 aromatic rings. The number of nitrogens with zero attached hydrogens (tertiary/aromatic N) is 1. The number of nitrogens with one attached hydrogen (secondary N) is 2. The van der Waals surface area contributed by atoms with Gasteiger partial charge in [0.15, 0.2) is 0 Å². The Morgan fingerprint density at radius 1 is 1.47 bits per heavy atom. The standard InChI is InChI=1S/C12H17N3O4/c1-8(16)6-14-10(12(18)19)5-11(17)15-9-3-2-4-13-7-9/h2-4,7-8,10,14,16H,5-6H2,1H3,(H,15,17)(H,18,19).